The molecule has 0 aromatic carbocycles. The van der Waals surface area contributed by atoms with Crippen LogP contribution in [-0.2, 0) is 19.1 Å². The van der Waals surface area contributed by atoms with Crippen molar-refractivity contribution in [3.8, 4) is 0 Å². The monoisotopic (exact) mass is 355 g/mol. The summed E-state index contributed by atoms with van der Waals surface area (Å²) in [4.78, 5) is 20.1. The molecule has 0 saturated heterocycles. The summed E-state index contributed by atoms with van der Waals surface area (Å²) < 4.78 is 39.8. The Bertz CT molecular complexity index is 724. The molecule has 0 aliphatic heterocycles. The van der Waals surface area contributed by atoms with Gasteiger partial charge in [-0.3, -0.25) is 9.48 Å². The van der Waals surface area contributed by atoms with E-state index in [2.05, 4.69) is 20.4 Å². The number of rotatable bonds is 6. The molecule has 2 heterocycles. The maximum Gasteiger partial charge on any atom is 0.433 e. The molecule has 136 valence electrons. The van der Waals surface area contributed by atoms with Crippen LogP contribution in [0.5, 0.6) is 0 Å². The van der Waals surface area contributed by atoms with E-state index in [4.69, 9.17) is 0 Å². The number of hydrogen-bond donors (Lipinski definition) is 1. The number of nitrogens with one attached hydrogen (secondary N) is 1. The Morgan fingerprint density at radius 1 is 1.32 bits per heavy atom. The summed E-state index contributed by atoms with van der Waals surface area (Å²) in [7, 11) is 0. The topological polar surface area (TPSA) is 72.7 Å². The van der Waals surface area contributed by atoms with E-state index in [1.54, 1.807) is 6.92 Å². The van der Waals surface area contributed by atoms with Gasteiger partial charge in [0.2, 0.25) is 0 Å². The molecule has 1 amide bonds. The zero-order valence-electron chi connectivity index (χ0n) is 14.3. The summed E-state index contributed by atoms with van der Waals surface area (Å²) in [5.41, 5.74) is -0.168. The maximum absolute atomic E-state index is 13.0. The summed E-state index contributed by atoms with van der Waals surface area (Å²) in [6.07, 6.45) is -0.915. The number of aromatic nitrogens is 4. The quantitative estimate of drug-likeness (QED) is 0.865. The van der Waals surface area contributed by atoms with Crippen molar-refractivity contribution in [2.24, 2.45) is 5.92 Å². The smallest absolute Gasteiger partial charge is 0.352 e. The molecule has 1 N–H and O–H groups in total. The van der Waals surface area contributed by atoms with Gasteiger partial charge in [0, 0.05) is 31.9 Å². The lowest BCUT2D eigenvalue weighted by Gasteiger charge is -2.16. The van der Waals surface area contributed by atoms with E-state index in [-0.39, 0.29) is 24.9 Å². The fourth-order valence-corrected chi connectivity index (χ4v) is 2.30. The largest absolute Gasteiger partial charge is 0.433 e. The van der Waals surface area contributed by atoms with Crippen LogP contribution in [-0.4, -0.2) is 32.2 Å². The van der Waals surface area contributed by atoms with Crippen molar-refractivity contribution in [3.63, 3.8) is 0 Å². The molecule has 0 radical (unpaired) electrons. The standard InChI is InChI=1S/C16H20F3N5O/c1-4-14-20-7-12(8-21-14)15(25)22-6-10(2)9-24-13(16(17,18)19)5-11(3)23-24/h5,7-8,10H,4,6,9H2,1-3H3,(H,22,25)/t10-/m0/s1. The van der Waals surface area contributed by atoms with E-state index in [0.29, 0.717) is 23.5 Å². The van der Waals surface area contributed by atoms with Crippen molar-refractivity contribution in [1.82, 2.24) is 25.1 Å². The minimum atomic E-state index is -4.46. The van der Waals surface area contributed by atoms with Gasteiger partial charge in [-0.05, 0) is 18.9 Å². The Morgan fingerprint density at radius 3 is 2.52 bits per heavy atom. The van der Waals surface area contributed by atoms with Crippen molar-refractivity contribution in [2.45, 2.75) is 39.9 Å². The molecule has 9 heteroatoms. The molecule has 6 nitrogen and oxygen atoms in total. The molecule has 0 aliphatic rings. The van der Waals surface area contributed by atoms with Gasteiger partial charge < -0.3 is 5.32 Å². The third-order valence-electron chi connectivity index (χ3n) is 3.57. The van der Waals surface area contributed by atoms with Crippen LogP contribution in [0.15, 0.2) is 18.5 Å². The molecular formula is C16H20F3N5O. The first-order valence-electron chi connectivity index (χ1n) is 7.91. The summed E-state index contributed by atoms with van der Waals surface area (Å²) in [5, 5.41) is 6.57. The lowest BCUT2D eigenvalue weighted by molar-refractivity contribution is -0.144. The highest BCUT2D eigenvalue weighted by molar-refractivity contribution is 5.93. The minimum absolute atomic E-state index is 0.0498. The normalized spacial score (nSPS) is 12.9. The Kier molecular flexibility index (Phi) is 5.76. The molecule has 0 bridgehead atoms. The van der Waals surface area contributed by atoms with E-state index in [1.807, 2.05) is 6.92 Å². The highest BCUT2D eigenvalue weighted by Gasteiger charge is 2.35. The third-order valence-corrected chi connectivity index (χ3v) is 3.57. The van der Waals surface area contributed by atoms with Crippen molar-refractivity contribution in [1.29, 1.82) is 0 Å². The first kappa shape index (κ1) is 18.9. The van der Waals surface area contributed by atoms with Crippen LogP contribution in [0.4, 0.5) is 13.2 Å². The number of nitrogens with zero attached hydrogens (tertiary/aromatic N) is 4. The second-order valence-electron chi connectivity index (χ2n) is 5.91. The molecule has 2 aromatic heterocycles. The second-order valence-corrected chi connectivity index (χ2v) is 5.91. The first-order valence-corrected chi connectivity index (χ1v) is 7.91. The van der Waals surface area contributed by atoms with Gasteiger partial charge in [0.05, 0.1) is 11.3 Å². The predicted molar refractivity (Wildman–Crippen MR) is 84.9 cm³/mol. The van der Waals surface area contributed by atoms with Crippen molar-refractivity contribution in [2.75, 3.05) is 6.54 Å². The third kappa shape index (κ3) is 5.01. The molecule has 2 rings (SSSR count). The van der Waals surface area contributed by atoms with Gasteiger partial charge in [-0.1, -0.05) is 13.8 Å². The molecule has 0 spiro atoms. The number of halogens is 3. The minimum Gasteiger partial charge on any atom is -0.352 e. The van der Waals surface area contributed by atoms with Crippen LogP contribution in [0, 0.1) is 12.8 Å². The average molecular weight is 355 g/mol. The Hall–Kier alpha value is -2.45. The van der Waals surface area contributed by atoms with Gasteiger partial charge in [0.25, 0.3) is 5.91 Å². The second kappa shape index (κ2) is 7.62. The van der Waals surface area contributed by atoms with Crippen LogP contribution >= 0.6 is 0 Å². The molecule has 0 saturated carbocycles. The zero-order chi connectivity index (χ0) is 18.6. The molecule has 0 fully saturated rings. The van der Waals surface area contributed by atoms with Crippen LogP contribution in [0.2, 0.25) is 0 Å². The number of carbonyl (C=O) groups is 1. The van der Waals surface area contributed by atoms with E-state index >= 15 is 0 Å². The SMILES string of the molecule is CCc1ncc(C(=O)NC[C@H](C)Cn2nc(C)cc2C(F)(F)F)cn1. The first-order chi connectivity index (χ1) is 11.7. The number of alkyl halides is 3. The molecule has 0 aliphatic carbocycles. The van der Waals surface area contributed by atoms with Gasteiger partial charge in [0.1, 0.15) is 11.5 Å². The van der Waals surface area contributed by atoms with Crippen LogP contribution in [0.3, 0.4) is 0 Å². The van der Waals surface area contributed by atoms with Crippen LogP contribution in [0.1, 0.15) is 41.4 Å². The Balaban J connectivity index is 1.94. The highest BCUT2D eigenvalue weighted by atomic mass is 19.4. The molecule has 1 atom stereocenters. The average Bonchev–Trinajstić information content (AvgIpc) is 2.93. The number of aryl methyl sites for hydroxylation is 2. The summed E-state index contributed by atoms with van der Waals surface area (Å²) >= 11 is 0. The number of hydrogen-bond acceptors (Lipinski definition) is 4. The summed E-state index contributed by atoms with van der Waals surface area (Å²) in [6, 6.07) is 1.01. The van der Waals surface area contributed by atoms with Gasteiger partial charge >= 0.3 is 6.18 Å². The van der Waals surface area contributed by atoms with Gasteiger partial charge in [0.15, 0.2) is 0 Å². The Labute approximate surface area is 143 Å². The van der Waals surface area contributed by atoms with E-state index < -0.39 is 11.9 Å². The van der Waals surface area contributed by atoms with Crippen molar-refractivity contribution >= 4 is 5.91 Å². The molecule has 2 aromatic rings. The van der Waals surface area contributed by atoms with Gasteiger partial charge in [-0.15, -0.1) is 0 Å². The Morgan fingerprint density at radius 2 is 1.96 bits per heavy atom. The predicted octanol–water partition coefficient (Wildman–Crippen LogP) is 2.63. The van der Waals surface area contributed by atoms with Crippen LogP contribution in [0.25, 0.3) is 0 Å². The lowest BCUT2D eigenvalue weighted by Crippen LogP contribution is -2.31. The van der Waals surface area contributed by atoms with E-state index in [9.17, 15) is 18.0 Å². The van der Waals surface area contributed by atoms with Crippen molar-refractivity contribution < 1.29 is 18.0 Å². The summed E-state index contributed by atoms with van der Waals surface area (Å²) in [6.45, 7) is 5.42. The zero-order valence-corrected chi connectivity index (χ0v) is 14.3. The molecule has 25 heavy (non-hydrogen) atoms. The van der Waals surface area contributed by atoms with E-state index in [0.717, 1.165) is 10.7 Å². The van der Waals surface area contributed by atoms with Crippen LogP contribution < -0.4 is 5.32 Å². The molecular weight excluding hydrogens is 335 g/mol. The highest BCUT2D eigenvalue weighted by Crippen LogP contribution is 2.30. The van der Waals surface area contributed by atoms with Gasteiger partial charge in [-0.25, -0.2) is 9.97 Å². The fourth-order valence-electron chi connectivity index (χ4n) is 2.30. The number of amides is 1. The number of carbonyl (C=O) groups excluding carboxylic acids is 1. The van der Waals surface area contributed by atoms with Crippen molar-refractivity contribution in [3.05, 3.63) is 41.2 Å². The summed E-state index contributed by atoms with van der Waals surface area (Å²) in [5.74, 6) is 0.0426. The van der Waals surface area contributed by atoms with E-state index in [1.165, 1.54) is 19.3 Å². The lowest BCUT2D eigenvalue weighted by atomic mass is 10.1. The van der Waals surface area contributed by atoms with Gasteiger partial charge in [-0.2, -0.15) is 18.3 Å². The fraction of sp³-hybridized carbons (Fsp3) is 0.500. The molecule has 0 unspecified atom stereocenters. The maximum atomic E-state index is 13.0.